The first kappa shape index (κ1) is 22.5. The molecule has 1 aliphatic heterocycles. The maximum atomic E-state index is 13.1. The Kier molecular flexibility index (Phi) is 7.07. The first-order valence-corrected chi connectivity index (χ1v) is 10.5. The second-order valence-corrected chi connectivity index (χ2v) is 8.36. The van der Waals surface area contributed by atoms with Crippen molar-refractivity contribution in [2.24, 2.45) is 5.73 Å². The van der Waals surface area contributed by atoms with Crippen LogP contribution in [0.1, 0.15) is 36.2 Å². The van der Waals surface area contributed by atoms with E-state index in [1.54, 1.807) is 24.3 Å². The number of carbonyl (C=O) groups excluding carboxylic acids is 3. The minimum Gasteiger partial charge on any atom is -0.366 e. The SMILES string of the molecule is CC(C)(C(=O)N1CCN(CCC(=O)Nc2ccc(C(N)=O)cc2)CC1)c1ccccc1. The summed E-state index contributed by atoms with van der Waals surface area (Å²) in [5.74, 6) is -0.450. The number of nitrogens with two attached hydrogens (primary N) is 1. The van der Waals surface area contributed by atoms with Gasteiger partial charge in [-0.05, 0) is 43.7 Å². The Morgan fingerprint density at radius 2 is 1.55 bits per heavy atom. The maximum Gasteiger partial charge on any atom is 0.248 e. The lowest BCUT2D eigenvalue weighted by atomic mass is 9.83. The molecule has 1 saturated heterocycles. The monoisotopic (exact) mass is 422 g/mol. The molecule has 0 aliphatic carbocycles. The minimum atomic E-state index is -0.562. The highest BCUT2D eigenvalue weighted by atomic mass is 16.2. The van der Waals surface area contributed by atoms with Crippen LogP contribution in [-0.2, 0) is 15.0 Å². The molecule has 0 aromatic heterocycles. The number of anilines is 1. The van der Waals surface area contributed by atoms with E-state index in [4.69, 9.17) is 5.73 Å². The molecule has 0 radical (unpaired) electrons. The van der Waals surface area contributed by atoms with Gasteiger partial charge in [-0.2, -0.15) is 0 Å². The zero-order chi connectivity index (χ0) is 22.4. The molecule has 164 valence electrons. The van der Waals surface area contributed by atoms with Crippen molar-refractivity contribution in [2.75, 3.05) is 38.0 Å². The van der Waals surface area contributed by atoms with Crippen molar-refractivity contribution in [1.29, 1.82) is 0 Å². The van der Waals surface area contributed by atoms with E-state index in [0.717, 1.165) is 18.7 Å². The van der Waals surface area contributed by atoms with Gasteiger partial charge in [-0.3, -0.25) is 19.3 Å². The number of hydrogen-bond donors (Lipinski definition) is 2. The average Bonchev–Trinajstić information content (AvgIpc) is 2.78. The fourth-order valence-electron chi connectivity index (χ4n) is 3.75. The van der Waals surface area contributed by atoms with Crippen LogP contribution in [0, 0.1) is 0 Å². The van der Waals surface area contributed by atoms with Gasteiger partial charge in [0.1, 0.15) is 0 Å². The van der Waals surface area contributed by atoms with Gasteiger partial charge in [0.2, 0.25) is 17.7 Å². The van der Waals surface area contributed by atoms with Crippen molar-refractivity contribution in [1.82, 2.24) is 9.80 Å². The average molecular weight is 423 g/mol. The fourth-order valence-corrected chi connectivity index (χ4v) is 3.75. The molecule has 0 saturated carbocycles. The largest absolute Gasteiger partial charge is 0.366 e. The lowest BCUT2D eigenvalue weighted by Crippen LogP contribution is -2.53. The van der Waals surface area contributed by atoms with E-state index < -0.39 is 11.3 Å². The van der Waals surface area contributed by atoms with Gasteiger partial charge >= 0.3 is 0 Å². The molecule has 31 heavy (non-hydrogen) atoms. The molecule has 1 heterocycles. The third-order valence-electron chi connectivity index (χ3n) is 5.80. The summed E-state index contributed by atoms with van der Waals surface area (Å²) in [7, 11) is 0. The summed E-state index contributed by atoms with van der Waals surface area (Å²) < 4.78 is 0. The maximum absolute atomic E-state index is 13.1. The van der Waals surface area contributed by atoms with E-state index in [1.165, 1.54) is 0 Å². The number of hydrogen-bond acceptors (Lipinski definition) is 4. The highest BCUT2D eigenvalue weighted by molar-refractivity contribution is 5.94. The Hall–Kier alpha value is -3.19. The Morgan fingerprint density at radius 1 is 0.935 bits per heavy atom. The minimum absolute atomic E-state index is 0.0875. The van der Waals surface area contributed by atoms with Crippen molar-refractivity contribution >= 4 is 23.4 Å². The normalized spacial score (nSPS) is 14.8. The van der Waals surface area contributed by atoms with Crippen molar-refractivity contribution in [2.45, 2.75) is 25.7 Å². The van der Waals surface area contributed by atoms with E-state index in [2.05, 4.69) is 10.2 Å². The van der Waals surface area contributed by atoms with Crippen LogP contribution in [0.3, 0.4) is 0 Å². The fraction of sp³-hybridized carbons (Fsp3) is 0.375. The molecular formula is C24H30N4O3. The summed E-state index contributed by atoms with van der Waals surface area (Å²) in [4.78, 5) is 40.6. The summed E-state index contributed by atoms with van der Waals surface area (Å²) in [5.41, 5.74) is 6.71. The van der Waals surface area contributed by atoms with E-state index >= 15 is 0 Å². The number of benzene rings is 2. The highest BCUT2D eigenvalue weighted by Gasteiger charge is 2.34. The number of piperazine rings is 1. The summed E-state index contributed by atoms with van der Waals surface area (Å²) in [5, 5.41) is 2.83. The molecule has 3 N–H and O–H groups in total. The second kappa shape index (κ2) is 9.75. The molecule has 3 rings (SSSR count). The molecule has 1 fully saturated rings. The van der Waals surface area contributed by atoms with Gasteiger partial charge < -0.3 is 16.0 Å². The van der Waals surface area contributed by atoms with Gasteiger partial charge in [-0.25, -0.2) is 0 Å². The lowest BCUT2D eigenvalue weighted by Gasteiger charge is -2.38. The van der Waals surface area contributed by atoms with Crippen molar-refractivity contribution in [3.63, 3.8) is 0 Å². The van der Waals surface area contributed by atoms with Crippen LogP contribution in [0.5, 0.6) is 0 Å². The van der Waals surface area contributed by atoms with Gasteiger partial charge in [-0.15, -0.1) is 0 Å². The van der Waals surface area contributed by atoms with Crippen LogP contribution in [0.25, 0.3) is 0 Å². The van der Waals surface area contributed by atoms with Crippen LogP contribution in [-0.4, -0.2) is 60.2 Å². The molecule has 2 aromatic carbocycles. The third kappa shape index (κ3) is 5.70. The van der Waals surface area contributed by atoms with Crippen LogP contribution in [0.15, 0.2) is 54.6 Å². The first-order valence-electron chi connectivity index (χ1n) is 10.5. The number of amides is 3. The van der Waals surface area contributed by atoms with E-state index in [9.17, 15) is 14.4 Å². The standard InChI is InChI=1S/C24H30N4O3/c1-24(2,19-6-4-3-5-7-19)23(31)28-16-14-27(15-17-28)13-12-21(29)26-20-10-8-18(9-11-20)22(25)30/h3-11H,12-17H2,1-2H3,(H2,25,30)(H,26,29). The van der Waals surface area contributed by atoms with Gasteiger partial charge in [0.05, 0.1) is 5.41 Å². The van der Waals surface area contributed by atoms with Crippen LogP contribution >= 0.6 is 0 Å². The molecule has 2 aromatic rings. The number of nitrogens with zero attached hydrogens (tertiary/aromatic N) is 2. The Morgan fingerprint density at radius 3 is 2.13 bits per heavy atom. The number of primary amides is 1. The smallest absolute Gasteiger partial charge is 0.248 e. The summed E-state index contributed by atoms with van der Waals surface area (Å²) in [6, 6.07) is 16.4. The van der Waals surface area contributed by atoms with Crippen LogP contribution in [0.4, 0.5) is 5.69 Å². The van der Waals surface area contributed by atoms with Crippen molar-refractivity contribution in [3.05, 3.63) is 65.7 Å². The molecule has 0 unspecified atom stereocenters. The topological polar surface area (TPSA) is 95.7 Å². The summed E-state index contributed by atoms with van der Waals surface area (Å²) in [6.07, 6.45) is 0.362. The first-order chi connectivity index (χ1) is 14.8. The van der Waals surface area contributed by atoms with E-state index in [1.807, 2.05) is 49.1 Å². The lowest BCUT2D eigenvalue weighted by molar-refractivity contribution is -0.138. The molecule has 7 heteroatoms. The van der Waals surface area contributed by atoms with Crippen molar-refractivity contribution < 1.29 is 14.4 Å². The summed E-state index contributed by atoms with van der Waals surface area (Å²) >= 11 is 0. The van der Waals surface area contributed by atoms with Crippen molar-refractivity contribution in [3.8, 4) is 0 Å². The highest BCUT2D eigenvalue weighted by Crippen LogP contribution is 2.26. The molecule has 0 spiro atoms. The molecule has 3 amide bonds. The zero-order valence-electron chi connectivity index (χ0n) is 18.1. The molecule has 0 atom stereocenters. The van der Waals surface area contributed by atoms with Gasteiger partial charge in [0.15, 0.2) is 0 Å². The number of nitrogens with one attached hydrogen (secondary N) is 1. The molecular weight excluding hydrogens is 392 g/mol. The van der Waals surface area contributed by atoms with Gasteiger partial charge in [0.25, 0.3) is 0 Å². The molecule has 0 bridgehead atoms. The molecule has 1 aliphatic rings. The predicted molar refractivity (Wildman–Crippen MR) is 121 cm³/mol. The quantitative estimate of drug-likeness (QED) is 0.715. The third-order valence-corrected chi connectivity index (χ3v) is 5.80. The predicted octanol–water partition coefficient (Wildman–Crippen LogP) is 2.24. The Balaban J connectivity index is 1.44. The van der Waals surface area contributed by atoms with Gasteiger partial charge in [0, 0.05) is 50.4 Å². The molecule has 7 nitrogen and oxygen atoms in total. The summed E-state index contributed by atoms with van der Waals surface area (Å²) in [6.45, 7) is 7.38. The Labute approximate surface area is 183 Å². The Bertz CT molecular complexity index is 918. The number of carbonyl (C=O) groups is 3. The van der Waals surface area contributed by atoms with E-state index in [-0.39, 0.29) is 11.8 Å². The van der Waals surface area contributed by atoms with Gasteiger partial charge in [-0.1, -0.05) is 30.3 Å². The number of rotatable bonds is 7. The zero-order valence-corrected chi connectivity index (χ0v) is 18.1. The van der Waals surface area contributed by atoms with Crippen LogP contribution < -0.4 is 11.1 Å². The second-order valence-electron chi connectivity index (χ2n) is 8.36. The van der Waals surface area contributed by atoms with Crippen LogP contribution in [0.2, 0.25) is 0 Å². The van der Waals surface area contributed by atoms with E-state index in [0.29, 0.717) is 37.3 Å².